The first-order valence-corrected chi connectivity index (χ1v) is 10.3. The van der Waals surface area contributed by atoms with Crippen molar-refractivity contribution in [1.82, 2.24) is 0 Å². The van der Waals surface area contributed by atoms with Crippen LogP contribution in [0.1, 0.15) is 33.1 Å². The predicted molar refractivity (Wildman–Crippen MR) is 105 cm³/mol. The molecule has 2 aliphatic carbocycles. The van der Waals surface area contributed by atoms with Gasteiger partial charge in [0.2, 0.25) is 0 Å². The maximum absolute atomic E-state index is 12.9. The third kappa shape index (κ3) is 8.76. The second kappa shape index (κ2) is 11.3. The minimum absolute atomic E-state index is 0. The minimum atomic E-state index is -0.331. The molecule has 2 rings (SSSR count). The highest BCUT2D eigenvalue weighted by molar-refractivity contribution is 5.84. The molecule has 0 radical (unpaired) electrons. The zero-order chi connectivity index (χ0) is 20.6. The van der Waals surface area contributed by atoms with Crippen molar-refractivity contribution in [2.75, 3.05) is 55.4 Å². The smallest absolute Gasteiger partial charge is 0.310 e. The number of carbonyl (C=O) groups excluding carboxylic acids is 2. The predicted octanol–water partition coefficient (Wildman–Crippen LogP) is -4.07. The molecule has 2 aliphatic rings. The summed E-state index contributed by atoms with van der Waals surface area (Å²) in [6.45, 7) is 5.38. The molecule has 6 atom stereocenters. The Morgan fingerprint density at radius 1 is 0.759 bits per heavy atom. The molecule has 0 aliphatic heterocycles. The molecule has 172 valence electrons. The highest BCUT2D eigenvalue weighted by atomic mass is 127. The summed E-state index contributed by atoms with van der Waals surface area (Å²) in [5.41, 5.74) is 0. The summed E-state index contributed by atoms with van der Waals surface area (Å²) in [6, 6.07) is 0. The van der Waals surface area contributed by atoms with Gasteiger partial charge in [-0.25, -0.2) is 0 Å². The van der Waals surface area contributed by atoms with Gasteiger partial charge in [0.1, 0.15) is 25.3 Å². The lowest BCUT2D eigenvalue weighted by Gasteiger charge is -2.32. The topological polar surface area (TPSA) is 52.6 Å². The fourth-order valence-electron chi connectivity index (χ4n) is 5.14. The van der Waals surface area contributed by atoms with Crippen molar-refractivity contribution in [3.05, 3.63) is 0 Å². The lowest BCUT2D eigenvalue weighted by molar-refractivity contribution is -0.873. The van der Waals surface area contributed by atoms with Crippen LogP contribution in [-0.2, 0) is 19.1 Å². The Morgan fingerprint density at radius 2 is 1.07 bits per heavy atom. The Kier molecular flexibility index (Phi) is 11.4. The standard InChI is InChI=1S/C21H40N2O4.2HI/c1-14(12-22(3,4)5)26-20(24)18-16-9-10-17(11-16)19(18)21(25)27-15(2)13-23(6,7)8;;/h14-19H,9-13H2,1-8H3;2*1H/q+2;;/p-2/t14?,15?,16-,17+,18-,19-;;/m1../s1. The Bertz CT molecular complexity index is 512. The SMILES string of the molecule is CC(C[N+](C)(C)C)OC(=O)[C@@H]1[C@@H]2CC[C@@H](C2)[C@H]1C(=O)OC(C)C[N+](C)(C)C.[I-].[I-]. The largest absolute Gasteiger partial charge is 1.00 e. The van der Waals surface area contributed by atoms with Crippen LogP contribution in [0.2, 0.25) is 0 Å². The average Bonchev–Trinajstić information content (AvgIpc) is 3.02. The molecule has 2 fully saturated rings. The molecule has 0 heterocycles. The fraction of sp³-hybridized carbons (Fsp3) is 0.905. The van der Waals surface area contributed by atoms with E-state index in [2.05, 4.69) is 42.3 Å². The molecule has 29 heavy (non-hydrogen) atoms. The number of fused-ring (bicyclic) bond motifs is 2. The van der Waals surface area contributed by atoms with E-state index in [0.717, 1.165) is 41.3 Å². The molecule has 0 spiro atoms. The third-order valence-corrected chi connectivity index (χ3v) is 5.71. The average molecular weight is 638 g/mol. The number of hydrogen-bond donors (Lipinski definition) is 0. The van der Waals surface area contributed by atoms with Crippen LogP contribution >= 0.6 is 0 Å². The van der Waals surface area contributed by atoms with E-state index in [-0.39, 0.29) is 95.8 Å². The van der Waals surface area contributed by atoms with E-state index in [1.807, 2.05) is 13.8 Å². The summed E-state index contributed by atoms with van der Waals surface area (Å²) in [7, 11) is 12.5. The number of quaternary nitrogens is 2. The maximum Gasteiger partial charge on any atom is 0.310 e. The van der Waals surface area contributed by atoms with Crippen molar-refractivity contribution in [2.45, 2.75) is 45.3 Å². The number of rotatable bonds is 8. The summed E-state index contributed by atoms with van der Waals surface area (Å²) >= 11 is 0. The van der Waals surface area contributed by atoms with Gasteiger partial charge >= 0.3 is 11.9 Å². The van der Waals surface area contributed by atoms with Gasteiger partial charge in [-0.1, -0.05) is 0 Å². The first kappa shape index (κ1) is 29.3. The number of halogens is 2. The van der Waals surface area contributed by atoms with E-state index >= 15 is 0 Å². The van der Waals surface area contributed by atoms with Crippen LogP contribution in [0.3, 0.4) is 0 Å². The Labute approximate surface area is 211 Å². The molecule has 0 amide bonds. The van der Waals surface area contributed by atoms with Gasteiger partial charge in [0.15, 0.2) is 0 Å². The second-order valence-electron chi connectivity index (χ2n) is 10.8. The molecule has 2 unspecified atom stereocenters. The number of likely N-dealkylation sites (N-methyl/N-ethyl adjacent to an activating group) is 2. The Morgan fingerprint density at radius 3 is 1.34 bits per heavy atom. The van der Waals surface area contributed by atoms with Gasteiger partial charge in [0.05, 0.1) is 54.1 Å². The van der Waals surface area contributed by atoms with E-state index in [1.165, 1.54) is 0 Å². The Hall–Kier alpha value is 0.320. The molecule has 0 aromatic heterocycles. The lowest BCUT2D eigenvalue weighted by Crippen LogP contribution is -3.00. The van der Waals surface area contributed by atoms with Gasteiger partial charge in [-0.2, -0.15) is 0 Å². The molecule has 8 heteroatoms. The number of nitrogens with zero attached hydrogens (tertiary/aromatic N) is 2. The maximum atomic E-state index is 12.9. The number of hydrogen-bond acceptors (Lipinski definition) is 4. The molecule has 0 N–H and O–H groups in total. The van der Waals surface area contributed by atoms with Crippen molar-refractivity contribution in [3.8, 4) is 0 Å². The quantitative estimate of drug-likeness (QED) is 0.155. The van der Waals surface area contributed by atoms with E-state index in [9.17, 15) is 9.59 Å². The zero-order valence-electron chi connectivity index (χ0n) is 19.3. The summed E-state index contributed by atoms with van der Waals surface area (Å²) in [4.78, 5) is 25.8. The third-order valence-electron chi connectivity index (χ3n) is 5.71. The van der Waals surface area contributed by atoms with Gasteiger partial charge in [0.25, 0.3) is 0 Å². The summed E-state index contributed by atoms with van der Waals surface area (Å²) in [5, 5.41) is 0. The van der Waals surface area contributed by atoms with Crippen molar-refractivity contribution < 1.29 is 76.0 Å². The van der Waals surface area contributed by atoms with Crippen LogP contribution in [0, 0.1) is 23.7 Å². The van der Waals surface area contributed by atoms with E-state index in [0.29, 0.717) is 0 Å². The van der Waals surface area contributed by atoms with Crippen LogP contribution < -0.4 is 48.0 Å². The van der Waals surface area contributed by atoms with E-state index in [1.54, 1.807) is 0 Å². The molecule has 0 aromatic rings. The van der Waals surface area contributed by atoms with Crippen LogP contribution in [0.5, 0.6) is 0 Å². The van der Waals surface area contributed by atoms with Gasteiger partial charge in [-0.05, 0) is 44.9 Å². The van der Waals surface area contributed by atoms with Crippen molar-refractivity contribution >= 4 is 11.9 Å². The van der Waals surface area contributed by atoms with Gasteiger partial charge < -0.3 is 66.4 Å². The number of ether oxygens (including phenoxy) is 2. The normalized spacial score (nSPS) is 28.0. The van der Waals surface area contributed by atoms with Crippen molar-refractivity contribution in [1.29, 1.82) is 0 Å². The molecule has 2 saturated carbocycles. The molecular weight excluding hydrogens is 598 g/mol. The van der Waals surface area contributed by atoms with Gasteiger partial charge in [-0.3, -0.25) is 9.59 Å². The fourth-order valence-corrected chi connectivity index (χ4v) is 5.14. The molecule has 0 saturated heterocycles. The van der Waals surface area contributed by atoms with E-state index < -0.39 is 0 Å². The lowest BCUT2D eigenvalue weighted by atomic mass is 9.79. The van der Waals surface area contributed by atoms with Crippen LogP contribution in [-0.4, -0.2) is 88.5 Å². The van der Waals surface area contributed by atoms with Crippen LogP contribution in [0.15, 0.2) is 0 Å². The molecule has 0 aromatic carbocycles. The molecule has 6 nitrogen and oxygen atoms in total. The summed E-state index contributed by atoms with van der Waals surface area (Å²) < 4.78 is 13.0. The van der Waals surface area contributed by atoms with Gasteiger partial charge in [0, 0.05) is 0 Å². The summed E-state index contributed by atoms with van der Waals surface area (Å²) in [6.07, 6.45) is 2.67. The minimum Gasteiger partial charge on any atom is -1.00 e. The molecule has 2 bridgehead atoms. The second-order valence-corrected chi connectivity index (χ2v) is 10.8. The van der Waals surface area contributed by atoms with Crippen LogP contribution in [0.4, 0.5) is 0 Å². The highest BCUT2D eigenvalue weighted by Crippen LogP contribution is 2.53. The van der Waals surface area contributed by atoms with Crippen LogP contribution in [0.25, 0.3) is 0 Å². The van der Waals surface area contributed by atoms with E-state index in [4.69, 9.17) is 9.47 Å². The Balaban J connectivity index is 0.00000392. The summed E-state index contributed by atoms with van der Waals surface area (Å²) in [5.74, 6) is -0.533. The first-order chi connectivity index (χ1) is 12.3. The van der Waals surface area contributed by atoms with Crippen molar-refractivity contribution in [3.63, 3.8) is 0 Å². The van der Waals surface area contributed by atoms with Crippen molar-refractivity contribution in [2.24, 2.45) is 23.7 Å². The van der Waals surface area contributed by atoms with Gasteiger partial charge in [-0.15, -0.1) is 0 Å². The number of carbonyl (C=O) groups is 2. The zero-order valence-corrected chi connectivity index (χ0v) is 23.6. The molecular formula is C21H40I2N2O4. The number of esters is 2. The monoisotopic (exact) mass is 638 g/mol. The highest BCUT2D eigenvalue weighted by Gasteiger charge is 2.55. The first-order valence-electron chi connectivity index (χ1n) is 10.3.